The highest BCUT2D eigenvalue weighted by Gasteiger charge is 2.06. The first-order chi connectivity index (χ1) is 8.75. The summed E-state index contributed by atoms with van der Waals surface area (Å²) in [7, 11) is 0. The summed E-state index contributed by atoms with van der Waals surface area (Å²) in [6.45, 7) is 1.96. The smallest absolute Gasteiger partial charge is 0.267 e. The van der Waals surface area contributed by atoms with Crippen LogP contribution in [0.15, 0.2) is 47.7 Å². The van der Waals surface area contributed by atoms with Gasteiger partial charge in [0.15, 0.2) is 0 Å². The maximum atomic E-state index is 12.3. The summed E-state index contributed by atoms with van der Waals surface area (Å²) in [4.78, 5) is 12.3. The van der Waals surface area contributed by atoms with Crippen LogP contribution in [0.2, 0.25) is 0 Å². The number of benzene rings is 1. The molecule has 0 amide bonds. The summed E-state index contributed by atoms with van der Waals surface area (Å²) in [5.74, 6) is 0. The van der Waals surface area contributed by atoms with Crippen LogP contribution in [-0.4, -0.2) is 20.0 Å². The third-order valence-corrected chi connectivity index (χ3v) is 2.76. The topological polar surface area (TPSA) is 60.7 Å². The maximum absolute atomic E-state index is 12.3. The van der Waals surface area contributed by atoms with Crippen molar-refractivity contribution in [3.05, 3.63) is 58.8 Å². The van der Waals surface area contributed by atoms with Gasteiger partial charge in [0.25, 0.3) is 5.56 Å². The van der Waals surface area contributed by atoms with Gasteiger partial charge < -0.3 is 0 Å². The maximum Gasteiger partial charge on any atom is 0.279 e. The molecule has 2 heterocycles. The van der Waals surface area contributed by atoms with Crippen molar-refractivity contribution >= 4 is 10.8 Å². The van der Waals surface area contributed by atoms with Gasteiger partial charge in [0.2, 0.25) is 0 Å². The number of aromatic nitrogens is 4. The van der Waals surface area contributed by atoms with Crippen molar-refractivity contribution in [2.75, 3.05) is 0 Å². The molecule has 3 aromatic rings. The molecule has 1 aromatic carbocycles. The summed E-state index contributed by atoms with van der Waals surface area (Å²) in [6, 6.07) is 7.42. The van der Waals surface area contributed by atoms with Crippen LogP contribution < -0.4 is 5.56 Å². The zero-order valence-electron chi connectivity index (χ0n) is 9.74. The van der Waals surface area contributed by atoms with Crippen molar-refractivity contribution in [3.8, 4) is 5.69 Å². The van der Waals surface area contributed by atoms with Gasteiger partial charge >= 0.3 is 0 Å². The second-order valence-electron chi connectivity index (χ2n) is 4.05. The Morgan fingerprint density at radius 2 is 2.00 bits per heavy atom. The Kier molecular flexibility index (Phi) is 2.37. The molecular formula is C13H10N4O. The van der Waals surface area contributed by atoms with E-state index in [-0.39, 0.29) is 5.56 Å². The number of aryl methyl sites for hydroxylation is 1. The van der Waals surface area contributed by atoms with Gasteiger partial charge in [-0.15, -0.1) is 0 Å². The minimum Gasteiger partial charge on any atom is -0.267 e. The first-order valence-electron chi connectivity index (χ1n) is 5.51. The second kappa shape index (κ2) is 4.03. The van der Waals surface area contributed by atoms with E-state index in [4.69, 9.17) is 0 Å². The first-order valence-corrected chi connectivity index (χ1v) is 5.51. The molecule has 0 fully saturated rings. The molecule has 5 heteroatoms. The lowest BCUT2D eigenvalue weighted by Crippen LogP contribution is -2.21. The van der Waals surface area contributed by atoms with Gasteiger partial charge in [-0.05, 0) is 19.1 Å². The third kappa shape index (κ3) is 1.66. The average Bonchev–Trinajstić information content (AvgIpc) is 2.41. The van der Waals surface area contributed by atoms with Crippen LogP contribution in [0.3, 0.4) is 0 Å². The third-order valence-electron chi connectivity index (χ3n) is 2.76. The number of rotatable bonds is 1. The van der Waals surface area contributed by atoms with Gasteiger partial charge in [-0.2, -0.15) is 20.0 Å². The molecular weight excluding hydrogens is 228 g/mol. The molecule has 0 bridgehead atoms. The van der Waals surface area contributed by atoms with Crippen molar-refractivity contribution in [2.24, 2.45) is 0 Å². The Labute approximate surface area is 103 Å². The predicted molar refractivity (Wildman–Crippen MR) is 67.7 cm³/mol. The van der Waals surface area contributed by atoms with Crippen molar-refractivity contribution in [1.29, 1.82) is 0 Å². The van der Waals surface area contributed by atoms with E-state index in [9.17, 15) is 4.79 Å². The fourth-order valence-corrected chi connectivity index (χ4v) is 1.85. The lowest BCUT2D eigenvalue weighted by atomic mass is 10.1. The molecule has 3 rings (SSSR count). The Morgan fingerprint density at radius 1 is 1.11 bits per heavy atom. The molecule has 0 aliphatic rings. The molecule has 0 saturated carbocycles. The van der Waals surface area contributed by atoms with E-state index in [0.29, 0.717) is 11.1 Å². The minimum absolute atomic E-state index is 0.149. The zero-order chi connectivity index (χ0) is 12.5. The molecule has 0 atom stereocenters. The fourth-order valence-electron chi connectivity index (χ4n) is 1.85. The predicted octanol–water partition coefficient (Wildman–Crippen LogP) is 1.48. The molecule has 5 nitrogen and oxygen atoms in total. The standard InChI is InChI=1S/C13H10N4O/c1-9-2-3-10-7-16-17(13(18)12(10)6-9)11-4-5-14-15-8-11/h2-8H,1H3. The first kappa shape index (κ1) is 10.6. The van der Waals surface area contributed by atoms with Crippen LogP contribution in [0.1, 0.15) is 5.56 Å². The van der Waals surface area contributed by atoms with Crippen molar-refractivity contribution in [2.45, 2.75) is 6.92 Å². The molecule has 0 spiro atoms. The van der Waals surface area contributed by atoms with E-state index in [1.54, 1.807) is 12.3 Å². The van der Waals surface area contributed by atoms with E-state index in [1.165, 1.54) is 17.1 Å². The van der Waals surface area contributed by atoms with Crippen molar-refractivity contribution in [3.63, 3.8) is 0 Å². The Hall–Kier alpha value is -2.56. The Morgan fingerprint density at radius 3 is 2.78 bits per heavy atom. The molecule has 0 aliphatic carbocycles. The highest BCUT2D eigenvalue weighted by molar-refractivity contribution is 5.81. The average molecular weight is 238 g/mol. The van der Waals surface area contributed by atoms with Crippen LogP contribution in [-0.2, 0) is 0 Å². The molecule has 0 unspecified atom stereocenters. The Balaban J connectivity index is 2.33. The zero-order valence-corrected chi connectivity index (χ0v) is 9.74. The molecule has 0 saturated heterocycles. The van der Waals surface area contributed by atoms with Gasteiger partial charge in [-0.1, -0.05) is 17.7 Å². The number of hydrogen-bond donors (Lipinski definition) is 0. The lowest BCUT2D eigenvalue weighted by molar-refractivity contribution is 0.807. The van der Waals surface area contributed by atoms with E-state index >= 15 is 0 Å². The van der Waals surface area contributed by atoms with Gasteiger partial charge in [0, 0.05) is 5.39 Å². The van der Waals surface area contributed by atoms with Crippen molar-refractivity contribution in [1.82, 2.24) is 20.0 Å². The minimum atomic E-state index is -0.149. The SMILES string of the molecule is Cc1ccc2cnn(-c3ccnnc3)c(=O)c2c1. The van der Waals surface area contributed by atoms with E-state index < -0.39 is 0 Å². The Bertz CT molecular complexity index is 765. The van der Waals surface area contributed by atoms with Crippen LogP contribution >= 0.6 is 0 Å². The highest BCUT2D eigenvalue weighted by atomic mass is 16.1. The number of fused-ring (bicyclic) bond motifs is 1. The van der Waals surface area contributed by atoms with E-state index in [2.05, 4.69) is 15.3 Å². The molecule has 0 N–H and O–H groups in total. The second-order valence-corrected chi connectivity index (χ2v) is 4.05. The highest BCUT2D eigenvalue weighted by Crippen LogP contribution is 2.11. The summed E-state index contributed by atoms with van der Waals surface area (Å²) >= 11 is 0. The molecule has 2 aromatic heterocycles. The summed E-state index contributed by atoms with van der Waals surface area (Å²) in [5.41, 5.74) is 1.51. The monoisotopic (exact) mass is 238 g/mol. The van der Waals surface area contributed by atoms with Crippen LogP contribution in [0, 0.1) is 6.92 Å². The van der Waals surface area contributed by atoms with E-state index in [0.717, 1.165) is 10.9 Å². The van der Waals surface area contributed by atoms with Gasteiger partial charge in [-0.25, -0.2) is 0 Å². The van der Waals surface area contributed by atoms with E-state index in [1.807, 2.05) is 25.1 Å². The molecule has 88 valence electrons. The molecule has 0 radical (unpaired) electrons. The molecule has 18 heavy (non-hydrogen) atoms. The van der Waals surface area contributed by atoms with Crippen LogP contribution in [0.5, 0.6) is 0 Å². The normalized spacial score (nSPS) is 10.7. The van der Waals surface area contributed by atoms with Gasteiger partial charge in [0.1, 0.15) is 0 Å². The number of hydrogen-bond acceptors (Lipinski definition) is 4. The number of nitrogens with zero attached hydrogens (tertiary/aromatic N) is 4. The lowest BCUT2D eigenvalue weighted by Gasteiger charge is -2.05. The quantitative estimate of drug-likeness (QED) is 0.644. The summed E-state index contributed by atoms with van der Waals surface area (Å²) in [5, 5.41) is 13.1. The van der Waals surface area contributed by atoms with Crippen LogP contribution in [0.25, 0.3) is 16.5 Å². The van der Waals surface area contributed by atoms with Gasteiger partial charge in [-0.3, -0.25) is 4.79 Å². The van der Waals surface area contributed by atoms with Gasteiger partial charge in [0.05, 0.1) is 29.7 Å². The van der Waals surface area contributed by atoms with Crippen molar-refractivity contribution < 1.29 is 0 Å². The fraction of sp³-hybridized carbons (Fsp3) is 0.0769. The summed E-state index contributed by atoms with van der Waals surface area (Å²) < 4.78 is 1.33. The molecule has 0 aliphatic heterocycles. The van der Waals surface area contributed by atoms with Crippen LogP contribution in [0.4, 0.5) is 0 Å². The largest absolute Gasteiger partial charge is 0.279 e. The summed E-state index contributed by atoms with van der Waals surface area (Å²) in [6.07, 6.45) is 4.72.